The predicted octanol–water partition coefficient (Wildman–Crippen LogP) is 3.26. The lowest BCUT2D eigenvalue weighted by Crippen LogP contribution is -2.78. The summed E-state index contributed by atoms with van der Waals surface area (Å²) in [4.78, 5) is 23.3. The molecule has 0 aromatic rings. The second-order valence-corrected chi connectivity index (χ2v) is 7.81. The molecular formula is C10H12Cl4O3. The van der Waals surface area contributed by atoms with E-state index in [2.05, 4.69) is 0 Å². The molecule has 0 aromatic carbocycles. The SMILES string of the molecule is CC(C)(C)C(=O)OC1(C)C(Cl)(Cl)C(=O)C1(Cl)Cl. The van der Waals surface area contributed by atoms with Gasteiger partial charge >= 0.3 is 5.97 Å². The van der Waals surface area contributed by atoms with Gasteiger partial charge in [-0.15, -0.1) is 0 Å². The summed E-state index contributed by atoms with van der Waals surface area (Å²) in [6, 6.07) is 0. The number of hydrogen-bond acceptors (Lipinski definition) is 3. The fourth-order valence-corrected chi connectivity index (χ4v) is 2.91. The summed E-state index contributed by atoms with van der Waals surface area (Å²) in [5.74, 6) is -1.38. The zero-order chi connectivity index (χ0) is 13.9. The molecule has 0 spiro atoms. The standard InChI is InChI=1S/C10H12Cl4O3/c1-7(2,3)6(16)17-8(4)9(11,12)5(15)10(8,13)14/h1-4H3. The summed E-state index contributed by atoms with van der Waals surface area (Å²) in [6.45, 7) is 6.27. The van der Waals surface area contributed by atoms with E-state index in [0.29, 0.717) is 0 Å². The molecule has 0 unspecified atom stereocenters. The molecule has 98 valence electrons. The molecule has 7 heteroatoms. The number of carbonyl (C=O) groups is 2. The van der Waals surface area contributed by atoms with E-state index in [1.165, 1.54) is 6.92 Å². The molecule has 0 N–H and O–H groups in total. The number of carbonyl (C=O) groups excluding carboxylic acids is 2. The minimum absolute atomic E-state index is 0.594. The van der Waals surface area contributed by atoms with Crippen molar-refractivity contribution in [2.75, 3.05) is 0 Å². The Labute approximate surface area is 120 Å². The van der Waals surface area contributed by atoms with Gasteiger partial charge in [0, 0.05) is 0 Å². The fraction of sp³-hybridized carbons (Fsp3) is 0.800. The Bertz CT molecular complexity index is 364. The highest BCUT2D eigenvalue weighted by Gasteiger charge is 2.81. The number of hydrogen-bond donors (Lipinski definition) is 0. The van der Waals surface area contributed by atoms with Gasteiger partial charge in [-0.25, -0.2) is 0 Å². The van der Waals surface area contributed by atoms with Crippen molar-refractivity contribution in [3.63, 3.8) is 0 Å². The number of esters is 1. The molecule has 0 aromatic heterocycles. The van der Waals surface area contributed by atoms with E-state index in [4.69, 9.17) is 51.1 Å². The molecule has 0 bridgehead atoms. The summed E-state index contributed by atoms with van der Waals surface area (Å²) in [5, 5.41) is 0. The van der Waals surface area contributed by atoms with Gasteiger partial charge < -0.3 is 4.74 Å². The highest BCUT2D eigenvalue weighted by atomic mass is 35.5. The van der Waals surface area contributed by atoms with Crippen molar-refractivity contribution in [2.45, 2.75) is 42.0 Å². The van der Waals surface area contributed by atoms with Crippen LogP contribution in [0.3, 0.4) is 0 Å². The van der Waals surface area contributed by atoms with Gasteiger partial charge in [0.1, 0.15) is 0 Å². The largest absolute Gasteiger partial charge is 0.451 e. The normalized spacial score (nSPS) is 25.1. The smallest absolute Gasteiger partial charge is 0.312 e. The lowest BCUT2D eigenvalue weighted by molar-refractivity contribution is -0.181. The third-order valence-corrected chi connectivity index (χ3v) is 4.81. The van der Waals surface area contributed by atoms with E-state index >= 15 is 0 Å². The van der Waals surface area contributed by atoms with Gasteiger partial charge in [0.05, 0.1) is 5.41 Å². The van der Waals surface area contributed by atoms with Crippen LogP contribution in [0.25, 0.3) is 0 Å². The summed E-state index contributed by atoms with van der Waals surface area (Å²) in [5.41, 5.74) is -2.46. The zero-order valence-corrected chi connectivity index (χ0v) is 12.8. The van der Waals surface area contributed by atoms with E-state index < -0.39 is 31.4 Å². The molecule has 1 aliphatic rings. The van der Waals surface area contributed by atoms with Crippen molar-refractivity contribution in [3.05, 3.63) is 0 Å². The number of ether oxygens (including phenoxy) is 1. The van der Waals surface area contributed by atoms with Crippen molar-refractivity contribution in [1.29, 1.82) is 0 Å². The van der Waals surface area contributed by atoms with Gasteiger partial charge in [-0.1, -0.05) is 46.4 Å². The highest BCUT2D eigenvalue weighted by Crippen LogP contribution is 2.61. The topological polar surface area (TPSA) is 43.4 Å². The van der Waals surface area contributed by atoms with Crippen LogP contribution in [0.2, 0.25) is 0 Å². The summed E-state index contributed by atoms with van der Waals surface area (Å²) >= 11 is 23.2. The molecule has 1 aliphatic carbocycles. The van der Waals surface area contributed by atoms with E-state index in [0.717, 1.165) is 0 Å². The molecule has 3 nitrogen and oxygen atoms in total. The zero-order valence-electron chi connectivity index (χ0n) is 9.74. The molecule has 0 aliphatic heterocycles. The molecule has 0 atom stereocenters. The van der Waals surface area contributed by atoms with Crippen LogP contribution in [0.4, 0.5) is 0 Å². The Balaban J connectivity index is 3.05. The van der Waals surface area contributed by atoms with Crippen LogP contribution in [0.5, 0.6) is 0 Å². The van der Waals surface area contributed by atoms with Crippen molar-refractivity contribution >= 4 is 58.2 Å². The minimum atomic E-state index is -1.93. The summed E-state index contributed by atoms with van der Waals surface area (Å²) < 4.78 is 1.29. The molecule has 0 saturated heterocycles. The van der Waals surface area contributed by atoms with Crippen molar-refractivity contribution < 1.29 is 14.3 Å². The number of ketones is 1. The Morgan fingerprint density at radius 3 is 1.76 bits per heavy atom. The van der Waals surface area contributed by atoms with Crippen LogP contribution < -0.4 is 0 Å². The van der Waals surface area contributed by atoms with Crippen LogP contribution in [-0.2, 0) is 14.3 Å². The fourth-order valence-electron chi connectivity index (χ4n) is 1.23. The Morgan fingerprint density at radius 2 is 1.47 bits per heavy atom. The van der Waals surface area contributed by atoms with Crippen molar-refractivity contribution in [1.82, 2.24) is 0 Å². The number of halogens is 4. The Kier molecular flexibility index (Phi) is 3.52. The van der Waals surface area contributed by atoms with Gasteiger partial charge in [-0.3, -0.25) is 9.59 Å². The molecule has 1 fully saturated rings. The first kappa shape index (κ1) is 15.4. The van der Waals surface area contributed by atoms with Gasteiger partial charge in [-0.2, -0.15) is 0 Å². The van der Waals surface area contributed by atoms with E-state index in [1.54, 1.807) is 20.8 Å². The summed E-state index contributed by atoms with van der Waals surface area (Å²) in [6.07, 6.45) is 0. The maximum atomic E-state index is 11.8. The van der Waals surface area contributed by atoms with Crippen LogP contribution in [0.15, 0.2) is 0 Å². The highest BCUT2D eigenvalue weighted by molar-refractivity contribution is 6.75. The van der Waals surface area contributed by atoms with Crippen LogP contribution in [-0.4, -0.2) is 26.0 Å². The molecule has 0 radical (unpaired) electrons. The van der Waals surface area contributed by atoms with Crippen LogP contribution >= 0.6 is 46.4 Å². The molecule has 1 rings (SSSR count). The lowest BCUT2D eigenvalue weighted by atomic mass is 9.77. The minimum Gasteiger partial charge on any atom is -0.451 e. The molecule has 17 heavy (non-hydrogen) atoms. The third kappa shape index (κ3) is 1.95. The third-order valence-electron chi connectivity index (χ3n) is 2.68. The van der Waals surface area contributed by atoms with E-state index in [-0.39, 0.29) is 0 Å². The maximum Gasteiger partial charge on any atom is 0.312 e. The first-order valence-corrected chi connectivity index (χ1v) is 6.33. The molecule has 0 heterocycles. The van der Waals surface area contributed by atoms with Crippen molar-refractivity contribution in [3.8, 4) is 0 Å². The van der Waals surface area contributed by atoms with Gasteiger partial charge in [0.2, 0.25) is 14.4 Å². The lowest BCUT2D eigenvalue weighted by Gasteiger charge is -2.55. The maximum absolute atomic E-state index is 11.8. The van der Waals surface area contributed by atoms with Crippen LogP contribution in [0, 0.1) is 5.41 Å². The monoisotopic (exact) mass is 320 g/mol. The van der Waals surface area contributed by atoms with E-state index in [9.17, 15) is 9.59 Å². The van der Waals surface area contributed by atoms with Gasteiger partial charge in [0.15, 0.2) is 5.60 Å². The molecule has 0 amide bonds. The number of alkyl halides is 4. The average Bonchev–Trinajstić information content (AvgIpc) is 2.13. The van der Waals surface area contributed by atoms with Crippen molar-refractivity contribution in [2.24, 2.45) is 5.41 Å². The Morgan fingerprint density at radius 1 is 1.12 bits per heavy atom. The van der Waals surface area contributed by atoms with Crippen LogP contribution in [0.1, 0.15) is 27.7 Å². The first-order valence-electron chi connectivity index (χ1n) is 4.82. The molecular weight excluding hydrogens is 310 g/mol. The Hall–Kier alpha value is 0.300. The average molecular weight is 322 g/mol. The number of Topliss-reactive ketones (excluding diaryl/α,β-unsaturated/α-hetero) is 1. The van der Waals surface area contributed by atoms with Gasteiger partial charge in [0.25, 0.3) is 0 Å². The second kappa shape index (κ2) is 3.89. The second-order valence-electron chi connectivity index (χ2n) is 5.15. The quantitative estimate of drug-likeness (QED) is 0.550. The van der Waals surface area contributed by atoms with Gasteiger partial charge in [-0.05, 0) is 27.7 Å². The molecule has 1 saturated carbocycles. The van der Waals surface area contributed by atoms with E-state index in [1.807, 2.05) is 0 Å². The first-order chi connectivity index (χ1) is 7.28. The summed E-state index contributed by atoms with van der Waals surface area (Å²) in [7, 11) is 0. The number of rotatable bonds is 1. The predicted molar refractivity (Wildman–Crippen MR) is 67.8 cm³/mol.